The zero-order chi connectivity index (χ0) is 9.42. The molecule has 0 spiro atoms. The maximum Gasteiger partial charge on any atom is 0.222 e. The van der Waals surface area contributed by atoms with Crippen LogP contribution >= 0.6 is 0 Å². The fraction of sp³-hybridized carbons (Fsp3) is 0.900. The zero-order valence-electron chi connectivity index (χ0n) is 8.49. The summed E-state index contributed by atoms with van der Waals surface area (Å²) < 4.78 is 0. The molecule has 0 bridgehead atoms. The second kappa shape index (κ2) is 3.29. The Morgan fingerprint density at radius 3 is 2.92 bits per heavy atom. The van der Waals surface area contributed by atoms with Crippen LogP contribution < -0.4 is 0 Å². The SMILES string of the molecule is CCN1CC2CCC(=O)N2CC1C. The van der Waals surface area contributed by atoms with E-state index in [1.807, 2.05) is 0 Å². The number of carbonyl (C=O) groups excluding carboxylic acids is 1. The molecule has 0 aromatic rings. The first-order chi connectivity index (χ1) is 6.22. The van der Waals surface area contributed by atoms with Gasteiger partial charge in [0.2, 0.25) is 5.91 Å². The van der Waals surface area contributed by atoms with Crippen molar-refractivity contribution in [3.63, 3.8) is 0 Å². The summed E-state index contributed by atoms with van der Waals surface area (Å²) >= 11 is 0. The summed E-state index contributed by atoms with van der Waals surface area (Å²) in [6.45, 7) is 7.55. The third-order valence-electron chi connectivity index (χ3n) is 3.39. The molecule has 2 fully saturated rings. The highest BCUT2D eigenvalue weighted by Crippen LogP contribution is 2.25. The zero-order valence-corrected chi connectivity index (χ0v) is 8.49. The van der Waals surface area contributed by atoms with E-state index in [-0.39, 0.29) is 0 Å². The van der Waals surface area contributed by atoms with Crippen LogP contribution in [-0.4, -0.2) is 47.4 Å². The van der Waals surface area contributed by atoms with Crippen LogP contribution in [0.2, 0.25) is 0 Å². The van der Waals surface area contributed by atoms with Crippen molar-refractivity contribution in [3.05, 3.63) is 0 Å². The van der Waals surface area contributed by atoms with Gasteiger partial charge < -0.3 is 4.90 Å². The quantitative estimate of drug-likeness (QED) is 0.596. The Labute approximate surface area is 79.7 Å². The van der Waals surface area contributed by atoms with Gasteiger partial charge in [0, 0.05) is 31.6 Å². The molecule has 2 atom stereocenters. The van der Waals surface area contributed by atoms with Crippen LogP contribution in [0.1, 0.15) is 26.7 Å². The Morgan fingerprint density at radius 2 is 2.23 bits per heavy atom. The molecular formula is C10H18N2O. The lowest BCUT2D eigenvalue weighted by Gasteiger charge is -2.41. The summed E-state index contributed by atoms with van der Waals surface area (Å²) in [5.74, 6) is 0.368. The molecule has 0 N–H and O–H groups in total. The van der Waals surface area contributed by atoms with Gasteiger partial charge in [-0.05, 0) is 19.9 Å². The molecule has 0 saturated carbocycles. The maximum absolute atomic E-state index is 11.5. The van der Waals surface area contributed by atoms with Crippen molar-refractivity contribution < 1.29 is 4.79 Å². The molecule has 0 aromatic carbocycles. The molecule has 2 unspecified atom stereocenters. The van der Waals surface area contributed by atoms with Gasteiger partial charge in [0.1, 0.15) is 0 Å². The number of fused-ring (bicyclic) bond motifs is 1. The molecule has 0 aromatic heterocycles. The second-order valence-corrected chi connectivity index (χ2v) is 4.18. The number of hydrogen-bond acceptors (Lipinski definition) is 2. The van der Waals surface area contributed by atoms with Gasteiger partial charge >= 0.3 is 0 Å². The van der Waals surface area contributed by atoms with Crippen LogP contribution in [0.25, 0.3) is 0 Å². The second-order valence-electron chi connectivity index (χ2n) is 4.18. The van der Waals surface area contributed by atoms with Crippen LogP contribution in [0.4, 0.5) is 0 Å². The van der Waals surface area contributed by atoms with E-state index < -0.39 is 0 Å². The fourth-order valence-electron chi connectivity index (χ4n) is 2.53. The van der Waals surface area contributed by atoms with Gasteiger partial charge in [-0.1, -0.05) is 6.92 Å². The Hall–Kier alpha value is -0.570. The van der Waals surface area contributed by atoms with Crippen LogP contribution in [0.3, 0.4) is 0 Å². The molecule has 1 amide bonds. The lowest BCUT2D eigenvalue weighted by Crippen LogP contribution is -2.55. The van der Waals surface area contributed by atoms with E-state index in [0.717, 1.165) is 32.5 Å². The Bertz CT molecular complexity index is 217. The highest BCUT2D eigenvalue weighted by molar-refractivity contribution is 5.79. The fourth-order valence-corrected chi connectivity index (χ4v) is 2.53. The molecule has 0 aliphatic carbocycles. The van der Waals surface area contributed by atoms with Crippen molar-refractivity contribution in [1.29, 1.82) is 0 Å². The number of likely N-dealkylation sites (N-methyl/N-ethyl adjacent to an activating group) is 1. The van der Waals surface area contributed by atoms with Gasteiger partial charge in [-0.15, -0.1) is 0 Å². The van der Waals surface area contributed by atoms with Gasteiger partial charge in [-0.25, -0.2) is 0 Å². The molecule has 0 radical (unpaired) electrons. The van der Waals surface area contributed by atoms with Crippen LogP contribution in [-0.2, 0) is 4.79 Å². The topological polar surface area (TPSA) is 23.6 Å². The average molecular weight is 182 g/mol. The van der Waals surface area contributed by atoms with Gasteiger partial charge in [0.15, 0.2) is 0 Å². The average Bonchev–Trinajstić information content (AvgIpc) is 2.47. The number of hydrogen-bond donors (Lipinski definition) is 0. The van der Waals surface area contributed by atoms with Gasteiger partial charge in [0.05, 0.1) is 0 Å². The summed E-state index contributed by atoms with van der Waals surface area (Å²) in [7, 11) is 0. The summed E-state index contributed by atoms with van der Waals surface area (Å²) in [4.78, 5) is 16.0. The number of piperazine rings is 1. The lowest BCUT2D eigenvalue weighted by molar-refractivity contribution is -0.131. The summed E-state index contributed by atoms with van der Waals surface area (Å²) in [5, 5.41) is 0. The molecule has 3 nitrogen and oxygen atoms in total. The molecule has 2 aliphatic heterocycles. The van der Waals surface area contributed by atoms with Crippen molar-refractivity contribution >= 4 is 5.91 Å². The smallest absolute Gasteiger partial charge is 0.222 e. The Balaban J connectivity index is 2.06. The monoisotopic (exact) mass is 182 g/mol. The normalized spacial score (nSPS) is 35.2. The van der Waals surface area contributed by atoms with Gasteiger partial charge in [0.25, 0.3) is 0 Å². The van der Waals surface area contributed by atoms with Crippen molar-refractivity contribution in [2.75, 3.05) is 19.6 Å². The minimum Gasteiger partial charge on any atom is -0.337 e. The van der Waals surface area contributed by atoms with Crippen molar-refractivity contribution in [2.45, 2.75) is 38.8 Å². The van der Waals surface area contributed by atoms with E-state index >= 15 is 0 Å². The number of carbonyl (C=O) groups is 1. The molecular weight excluding hydrogens is 164 g/mol. The van der Waals surface area contributed by atoms with E-state index in [2.05, 4.69) is 23.6 Å². The minimum absolute atomic E-state index is 0.368. The first kappa shape index (κ1) is 9.00. The summed E-state index contributed by atoms with van der Waals surface area (Å²) in [6.07, 6.45) is 1.84. The first-order valence-corrected chi connectivity index (χ1v) is 5.26. The van der Waals surface area contributed by atoms with E-state index in [0.29, 0.717) is 18.0 Å². The van der Waals surface area contributed by atoms with Crippen molar-refractivity contribution in [3.8, 4) is 0 Å². The molecule has 2 heterocycles. The largest absolute Gasteiger partial charge is 0.337 e. The molecule has 13 heavy (non-hydrogen) atoms. The predicted molar refractivity (Wildman–Crippen MR) is 51.4 cm³/mol. The number of rotatable bonds is 1. The third kappa shape index (κ3) is 1.46. The Kier molecular flexibility index (Phi) is 2.28. The lowest BCUT2D eigenvalue weighted by atomic mass is 10.1. The Morgan fingerprint density at radius 1 is 1.46 bits per heavy atom. The maximum atomic E-state index is 11.5. The first-order valence-electron chi connectivity index (χ1n) is 5.26. The van der Waals surface area contributed by atoms with Gasteiger partial charge in [-0.2, -0.15) is 0 Å². The van der Waals surface area contributed by atoms with E-state index in [1.165, 1.54) is 0 Å². The molecule has 3 heteroatoms. The van der Waals surface area contributed by atoms with Crippen LogP contribution in [0.15, 0.2) is 0 Å². The van der Waals surface area contributed by atoms with Crippen molar-refractivity contribution in [2.24, 2.45) is 0 Å². The van der Waals surface area contributed by atoms with E-state index in [1.54, 1.807) is 0 Å². The van der Waals surface area contributed by atoms with Crippen LogP contribution in [0.5, 0.6) is 0 Å². The minimum atomic E-state index is 0.368. The van der Waals surface area contributed by atoms with E-state index in [4.69, 9.17) is 0 Å². The van der Waals surface area contributed by atoms with Gasteiger partial charge in [-0.3, -0.25) is 9.69 Å². The molecule has 2 saturated heterocycles. The summed E-state index contributed by atoms with van der Waals surface area (Å²) in [6, 6.07) is 1.06. The number of nitrogens with zero attached hydrogens (tertiary/aromatic N) is 2. The molecule has 2 rings (SSSR count). The molecule has 2 aliphatic rings. The third-order valence-corrected chi connectivity index (χ3v) is 3.39. The highest BCUT2D eigenvalue weighted by Gasteiger charge is 2.37. The molecule has 74 valence electrons. The highest BCUT2D eigenvalue weighted by atomic mass is 16.2. The van der Waals surface area contributed by atoms with Crippen LogP contribution in [0, 0.1) is 0 Å². The summed E-state index contributed by atoms with van der Waals surface area (Å²) in [5.41, 5.74) is 0. The number of amides is 1. The van der Waals surface area contributed by atoms with E-state index in [9.17, 15) is 4.79 Å². The van der Waals surface area contributed by atoms with Crippen molar-refractivity contribution in [1.82, 2.24) is 9.80 Å². The standard InChI is InChI=1S/C10H18N2O/c1-3-11-7-9-4-5-10(13)12(9)6-8(11)2/h8-9H,3-7H2,1-2H3. The predicted octanol–water partition coefficient (Wildman–Crippen LogP) is 0.701.